The third-order valence-corrected chi connectivity index (χ3v) is 1.45. The van der Waals surface area contributed by atoms with Crippen LogP contribution in [0.3, 0.4) is 0 Å². The van der Waals surface area contributed by atoms with Crippen molar-refractivity contribution in [3.8, 4) is 0 Å². The van der Waals surface area contributed by atoms with Crippen LogP contribution in [-0.4, -0.2) is 24.4 Å². The zero-order chi connectivity index (χ0) is 10.3. The average Bonchev–Trinajstić information content (AvgIpc) is 2.03. The average molecular weight is 191 g/mol. The Hall–Kier alpha value is -0.800. The third-order valence-electron chi connectivity index (χ3n) is 1.45. The van der Waals surface area contributed by atoms with Gasteiger partial charge in [0.2, 0.25) is 0 Å². The highest BCUT2D eigenvalue weighted by Gasteiger charge is 2.14. The van der Waals surface area contributed by atoms with E-state index in [1.165, 1.54) is 0 Å². The summed E-state index contributed by atoms with van der Waals surface area (Å²) in [6.07, 6.45) is 0.840. The summed E-state index contributed by atoms with van der Waals surface area (Å²) in [7, 11) is 0. The molecule has 0 heterocycles. The fraction of sp³-hybridized carbons (Fsp3) is 0.889. The smallest absolute Gasteiger partial charge is 0.438 e. The molecule has 0 radical (unpaired) electrons. The van der Waals surface area contributed by atoms with Crippen molar-refractivity contribution in [1.82, 2.24) is 5.12 Å². The molecule has 0 saturated carbocycles. The van der Waals surface area contributed by atoms with Gasteiger partial charge in [-0.15, -0.1) is 5.12 Å². The van der Waals surface area contributed by atoms with E-state index in [2.05, 4.69) is 4.74 Å². The van der Waals surface area contributed by atoms with Gasteiger partial charge in [-0.1, -0.05) is 31.7 Å². The maximum absolute atomic E-state index is 12.8. The van der Waals surface area contributed by atoms with Gasteiger partial charge in [0, 0.05) is 0 Å². The van der Waals surface area contributed by atoms with Gasteiger partial charge >= 0.3 is 6.09 Å². The highest BCUT2D eigenvalue weighted by molar-refractivity contribution is 5.66. The van der Waals surface area contributed by atoms with Gasteiger partial charge in [-0.2, -0.15) is 0 Å². The first-order chi connectivity index (χ1) is 6.07. The Kier molecular flexibility index (Phi) is 6.28. The van der Waals surface area contributed by atoms with Gasteiger partial charge in [-0.3, -0.25) is 0 Å². The molecule has 3 nitrogen and oxygen atoms in total. The number of amides is 1. The molecule has 0 aromatic rings. The van der Waals surface area contributed by atoms with Crippen molar-refractivity contribution in [2.24, 2.45) is 5.92 Å². The molecule has 0 rings (SSSR count). The first kappa shape index (κ1) is 12.2. The molecule has 0 unspecified atom stereocenters. The summed E-state index contributed by atoms with van der Waals surface area (Å²) in [6.45, 7) is 6.05. The summed E-state index contributed by atoms with van der Waals surface area (Å²) in [4.78, 5) is 10.9. The van der Waals surface area contributed by atoms with E-state index in [4.69, 9.17) is 0 Å². The number of carbonyl (C=O) groups is 1. The van der Waals surface area contributed by atoms with Crippen LogP contribution >= 0.6 is 0 Å². The van der Waals surface area contributed by atoms with Crippen molar-refractivity contribution in [2.75, 3.05) is 13.2 Å². The van der Waals surface area contributed by atoms with Crippen LogP contribution in [-0.2, 0) is 4.74 Å². The van der Waals surface area contributed by atoms with Crippen molar-refractivity contribution >= 4 is 6.09 Å². The quantitative estimate of drug-likeness (QED) is 0.494. The molecular formula is C9H18FNO2. The van der Waals surface area contributed by atoms with Crippen LogP contribution in [0, 0.1) is 5.92 Å². The molecule has 13 heavy (non-hydrogen) atoms. The van der Waals surface area contributed by atoms with Crippen LogP contribution in [0.2, 0.25) is 0 Å². The molecule has 0 aliphatic rings. The van der Waals surface area contributed by atoms with Crippen molar-refractivity contribution in [3.63, 3.8) is 0 Å². The largest absolute Gasteiger partial charge is 0.448 e. The second kappa shape index (κ2) is 6.69. The minimum absolute atomic E-state index is 0.0883. The summed E-state index contributed by atoms with van der Waals surface area (Å²) in [5, 5.41) is 0.125. The molecule has 0 aliphatic carbocycles. The van der Waals surface area contributed by atoms with E-state index in [-0.39, 0.29) is 17.6 Å². The fourth-order valence-corrected chi connectivity index (χ4v) is 0.769. The maximum Gasteiger partial charge on any atom is 0.438 e. The van der Waals surface area contributed by atoms with Crippen LogP contribution in [0.4, 0.5) is 9.28 Å². The van der Waals surface area contributed by atoms with E-state index in [0.717, 1.165) is 12.8 Å². The first-order valence-corrected chi connectivity index (χ1v) is 4.68. The summed E-state index contributed by atoms with van der Waals surface area (Å²) in [5.74, 6) is 0.115. The molecule has 0 N–H and O–H groups in total. The zero-order valence-corrected chi connectivity index (χ0v) is 8.55. The Labute approximate surface area is 78.8 Å². The number of hydrogen-bond donors (Lipinski definition) is 0. The Bertz CT molecular complexity index is 151. The van der Waals surface area contributed by atoms with E-state index in [1.54, 1.807) is 0 Å². The van der Waals surface area contributed by atoms with E-state index < -0.39 is 6.09 Å². The van der Waals surface area contributed by atoms with Gasteiger partial charge in [0.25, 0.3) is 0 Å². The van der Waals surface area contributed by atoms with Gasteiger partial charge in [0.15, 0.2) is 0 Å². The van der Waals surface area contributed by atoms with E-state index in [0.29, 0.717) is 6.61 Å². The lowest BCUT2D eigenvalue weighted by Gasteiger charge is -2.13. The zero-order valence-electron chi connectivity index (χ0n) is 8.55. The molecule has 0 saturated heterocycles. The Morgan fingerprint density at radius 2 is 2.15 bits per heavy atom. The minimum Gasteiger partial charge on any atom is -0.448 e. The molecule has 4 heteroatoms. The predicted octanol–water partition coefficient (Wildman–Crippen LogP) is 2.77. The molecule has 0 fully saturated rings. The third kappa shape index (κ3) is 6.37. The van der Waals surface area contributed by atoms with Gasteiger partial charge in [0.1, 0.15) is 0 Å². The number of ether oxygens (including phenoxy) is 1. The summed E-state index contributed by atoms with van der Waals surface area (Å²) >= 11 is 0. The maximum atomic E-state index is 12.8. The normalized spacial score (nSPS) is 10.2. The molecule has 1 amide bonds. The Morgan fingerprint density at radius 1 is 1.54 bits per heavy atom. The lowest BCUT2D eigenvalue weighted by Crippen LogP contribution is -2.27. The van der Waals surface area contributed by atoms with Gasteiger partial charge in [0.05, 0.1) is 13.2 Å². The van der Waals surface area contributed by atoms with Crippen molar-refractivity contribution in [2.45, 2.75) is 33.6 Å². The number of hydrogen-bond acceptors (Lipinski definition) is 2. The van der Waals surface area contributed by atoms with Gasteiger partial charge < -0.3 is 4.74 Å². The summed E-state index contributed by atoms with van der Waals surface area (Å²) in [6, 6.07) is 0. The lowest BCUT2D eigenvalue weighted by molar-refractivity contribution is 0.00275. The number of unbranched alkanes of at least 4 members (excludes halogenated alkanes) is 1. The molecule has 0 aromatic carbocycles. The number of rotatable bonds is 5. The monoisotopic (exact) mass is 191 g/mol. The van der Waals surface area contributed by atoms with Gasteiger partial charge in [-0.25, -0.2) is 4.79 Å². The molecule has 0 aromatic heterocycles. The van der Waals surface area contributed by atoms with E-state index in [1.807, 2.05) is 20.8 Å². The molecule has 0 spiro atoms. The molecular weight excluding hydrogens is 173 g/mol. The molecule has 0 aliphatic heterocycles. The standard InChI is InChI=1S/C9H18FNO2/c1-4-5-6-13-9(12)11(10)7-8(2)3/h8H,4-7H2,1-3H3. The van der Waals surface area contributed by atoms with Crippen molar-refractivity contribution < 1.29 is 14.0 Å². The first-order valence-electron chi connectivity index (χ1n) is 4.68. The molecule has 78 valence electrons. The fourth-order valence-electron chi connectivity index (χ4n) is 0.769. The minimum atomic E-state index is -0.873. The van der Waals surface area contributed by atoms with Crippen molar-refractivity contribution in [1.29, 1.82) is 0 Å². The van der Waals surface area contributed by atoms with E-state index in [9.17, 15) is 9.28 Å². The van der Waals surface area contributed by atoms with Crippen molar-refractivity contribution in [3.05, 3.63) is 0 Å². The van der Waals surface area contributed by atoms with Crippen LogP contribution in [0.15, 0.2) is 0 Å². The summed E-state index contributed by atoms with van der Waals surface area (Å²) < 4.78 is 17.5. The Balaban J connectivity index is 3.57. The van der Waals surface area contributed by atoms with Crippen LogP contribution in [0.5, 0.6) is 0 Å². The molecule has 0 atom stereocenters. The van der Waals surface area contributed by atoms with Crippen LogP contribution in [0.1, 0.15) is 33.6 Å². The predicted molar refractivity (Wildman–Crippen MR) is 48.9 cm³/mol. The topological polar surface area (TPSA) is 29.5 Å². The number of nitrogens with zero attached hydrogens (tertiary/aromatic N) is 1. The second-order valence-electron chi connectivity index (χ2n) is 3.41. The summed E-state index contributed by atoms with van der Waals surface area (Å²) in [5.41, 5.74) is 0. The highest BCUT2D eigenvalue weighted by Crippen LogP contribution is 2.02. The number of carbonyl (C=O) groups excluding carboxylic acids is 1. The highest BCUT2D eigenvalue weighted by atomic mass is 19.2. The van der Waals surface area contributed by atoms with Crippen LogP contribution in [0.25, 0.3) is 0 Å². The SMILES string of the molecule is CCCCOC(=O)N(F)CC(C)C. The number of halogens is 1. The van der Waals surface area contributed by atoms with Crippen LogP contribution < -0.4 is 0 Å². The lowest BCUT2D eigenvalue weighted by atomic mass is 10.2. The molecule has 0 bridgehead atoms. The Morgan fingerprint density at radius 3 is 2.62 bits per heavy atom. The second-order valence-corrected chi connectivity index (χ2v) is 3.41. The van der Waals surface area contributed by atoms with Gasteiger partial charge in [-0.05, 0) is 12.3 Å². The van der Waals surface area contributed by atoms with E-state index >= 15 is 0 Å².